The number of piperidine rings is 1. The number of carbonyl (C=O) groups is 2. The zero-order chi connectivity index (χ0) is 23.8. The molecule has 0 saturated carbocycles. The van der Waals surface area contributed by atoms with Crippen molar-refractivity contribution in [2.24, 2.45) is 0 Å². The van der Waals surface area contributed by atoms with E-state index in [4.69, 9.17) is 11.6 Å². The van der Waals surface area contributed by atoms with E-state index in [1.165, 1.54) is 17.0 Å². The average molecular weight is 482 g/mol. The zero-order valence-electron chi connectivity index (χ0n) is 17.7. The number of likely N-dealkylation sites (tertiary alicyclic amines) is 1. The fourth-order valence-electron chi connectivity index (χ4n) is 4.48. The van der Waals surface area contributed by atoms with Gasteiger partial charge < -0.3 is 15.3 Å². The predicted molar refractivity (Wildman–Crippen MR) is 119 cm³/mol. The van der Waals surface area contributed by atoms with Gasteiger partial charge in [-0.2, -0.15) is 13.2 Å². The molecule has 0 spiro atoms. The first-order valence-corrected chi connectivity index (χ1v) is 11.0. The Hall–Kier alpha value is -2.94. The molecule has 0 bridgehead atoms. The Bertz CT molecular complexity index is 1060. The van der Waals surface area contributed by atoms with E-state index in [2.05, 4.69) is 5.32 Å². The number of alkyl halides is 3. The Labute approximate surface area is 193 Å². The second-order valence-corrected chi connectivity index (χ2v) is 8.72. The molecule has 2 N–H and O–H groups in total. The van der Waals surface area contributed by atoms with Crippen LogP contribution in [-0.4, -0.2) is 41.1 Å². The van der Waals surface area contributed by atoms with Gasteiger partial charge in [0.15, 0.2) is 0 Å². The molecular formula is C23H23ClF3N3O3. The summed E-state index contributed by atoms with van der Waals surface area (Å²) in [5.41, 5.74) is 2.25. The smallest absolute Gasteiger partial charge is 0.416 e. The second-order valence-electron chi connectivity index (χ2n) is 8.31. The van der Waals surface area contributed by atoms with Crippen molar-refractivity contribution >= 4 is 35.0 Å². The minimum atomic E-state index is -4.37. The van der Waals surface area contributed by atoms with Crippen LogP contribution < -0.4 is 10.2 Å². The third-order valence-electron chi connectivity index (χ3n) is 6.08. The summed E-state index contributed by atoms with van der Waals surface area (Å²) in [7, 11) is 0. The maximum absolute atomic E-state index is 12.8. The van der Waals surface area contributed by atoms with E-state index >= 15 is 0 Å². The summed E-state index contributed by atoms with van der Waals surface area (Å²) >= 11 is 6.52. The van der Waals surface area contributed by atoms with Gasteiger partial charge in [0.05, 0.1) is 16.3 Å². The Morgan fingerprint density at radius 1 is 1.12 bits per heavy atom. The van der Waals surface area contributed by atoms with Crippen LogP contribution >= 0.6 is 11.6 Å². The number of carbonyl (C=O) groups excluding carboxylic acids is 1. The largest absolute Gasteiger partial charge is 0.465 e. The van der Waals surface area contributed by atoms with Crippen LogP contribution in [-0.2, 0) is 23.9 Å². The molecule has 176 valence electrons. The minimum Gasteiger partial charge on any atom is -0.465 e. The summed E-state index contributed by atoms with van der Waals surface area (Å²) in [5.74, 6) is -0.382. The molecule has 2 heterocycles. The lowest BCUT2D eigenvalue weighted by Gasteiger charge is -2.32. The van der Waals surface area contributed by atoms with E-state index in [1.807, 2.05) is 11.0 Å². The lowest BCUT2D eigenvalue weighted by atomic mass is 10.0. The van der Waals surface area contributed by atoms with Crippen molar-refractivity contribution < 1.29 is 27.9 Å². The Morgan fingerprint density at radius 2 is 1.85 bits per heavy atom. The number of benzene rings is 2. The lowest BCUT2D eigenvalue weighted by molar-refractivity contribution is -0.137. The molecule has 0 aliphatic carbocycles. The molecule has 2 aromatic rings. The molecule has 2 aliphatic rings. The number of fused-ring (bicyclic) bond motifs is 1. The maximum Gasteiger partial charge on any atom is 0.416 e. The van der Waals surface area contributed by atoms with Crippen molar-refractivity contribution in [1.82, 2.24) is 4.90 Å². The summed E-state index contributed by atoms with van der Waals surface area (Å²) < 4.78 is 38.4. The van der Waals surface area contributed by atoms with E-state index < -0.39 is 23.9 Å². The highest BCUT2D eigenvalue weighted by molar-refractivity contribution is 6.34. The van der Waals surface area contributed by atoms with Crippen LogP contribution in [0, 0.1) is 0 Å². The summed E-state index contributed by atoms with van der Waals surface area (Å²) in [5, 5.41) is 12.6. The van der Waals surface area contributed by atoms with Crippen molar-refractivity contribution in [2.45, 2.75) is 44.4 Å². The highest BCUT2D eigenvalue weighted by atomic mass is 35.5. The predicted octanol–water partition coefficient (Wildman–Crippen LogP) is 5.39. The van der Waals surface area contributed by atoms with Crippen LogP contribution in [0.2, 0.25) is 5.02 Å². The molecule has 10 heteroatoms. The van der Waals surface area contributed by atoms with Gasteiger partial charge in [0, 0.05) is 25.3 Å². The van der Waals surface area contributed by atoms with Gasteiger partial charge in [-0.15, -0.1) is 0 Å². The molecule has 1 fully saturated rings. The van der Waals surface area contributed by atoms with Crippen LogP contribution in [0.4, 0.5) is 29.3 Å². The fourth-order valence-corrected chi connectivity index (χ4v) is 4.83. The molecule has 1 atom stereocenters. The van der Waals surface area contributed by atoms with E-state index in [-0.39, 0.29) is 5.91 Å². The number of rotatable bonds is 4. The van der Waals surface area contributed by atoms with Gasteiger partial charge in [-0.05, 0) is 61.1 Å². The first-order chi connectivity index (χ1) is 15.6. The van der Waals surface area contributed by atoms with Crippen molar-refractivity contribution in [3.63, 3.8) is 0 Å². The summed E-state index contributed by atoms with van der Waals surface area (Å²) in [4.78, 5) is 27.4. The van der Waals surface area contributed by atoms with E-state index in [1.54, 1.807) is 6.07 Å². The number of hydrogen-bond acceptors (Lipinski definition) is 3. The Balaban J connectivity index is 1.47. The van der Waals surface area contributed by atoms with Crippen LogP contribution in [0.5, 0.6) is 0 Å². The third kappa shape index (κ3) is 5.03. The van der Waals surface area contributed by atoms with Gasteiger partial charge in [-0.3, -0.25) is 9.69 Å². The minimum absolute atomic E-state index is 0.331. The van der Waals surface area contributed by atoms with E-state index in [0.717, 1.165) is 41.8 Å². The van der Waals surface area contributed by atoms with Gasteiger partial charge in [-0.25, -0.2) is 4.79 Å². The quantitative estimate of drug-likeness (QED) is 0.614. The summed E-state index contributed by atoms with van der Waals surface area (Å²) in [6.07, 6.45) is -2.83. The first-order valence-electron chi connectivity index (χ1n) is 10.7. The molecular weight excluding hydrogens is 459 g/mol. The monoisotopic (exact) mass is 481 g/mol. The zero-order valence-corrected chi connectivity index (χ0v) is 18.4. The van der Waals surface area contributed by atoms with Crippen LogP contribution in [0.25, 0.3) is 0 Å². The molecule has 2 aliphatic heterocycles. The number of carboxylic acid groups (broad SMARTS) is 1. The average Bonchev–Trinajstić information content (AvgIpc) is 3.16. The Kier molecular flexibility index (Phi) is 6.43. The second kappa shape index (κ2) is 9.13. The lowest BCUT2D eigenvalue weighted by Crippen LogP contribution is -2.49. The van der Waals surface area contributed by atoms with Gasteiger partial charge in [-0.1, -0.05) is 23.7 Å². The maximum atomic E-state index is 12.8. The number of amides is 2. The number of nitrogens with one attached hydrogen (secondary N) is 1. The van der Waals surface area contributed by atoms with Crippen molar-refractivity contribution in [2.75, 3.05) is 23.3 Å². The van der Waals surface area contributed by atoms with Crippen molar-refractivity contribution in [1.29, 1.82) is 0 Å². The summed E-state index contributed by atoms with van der Waals surface area (Å²) in [6.45, 7) is 1.38. The first kappa shape index (κ1) is 23.2. The number of anilines is 2. The van der Waals surface area contributed by atoms with Crippen LogP contribution in [0.1, 0.15) is 36.0 Å². The van der Waals surface area contributed by atoms with Crippen LogP contribution in [0.3, 0.4) is 0 Å². The van der Waals surface area contributed by atoms with Gasteiger partial charge in [0.2, 0.25) is 5.91 Å². The Morgan fingerprint density at radius 3 is 2.52 bits per heavy atom. The topological polar surface area (TPSA) is 72.9 Å². The van der Waals surface area contributed by atoms with Crippen LogP contribution in [0.15, 0.2) is 36.4 Å². The SMILES string of the molecule is O=C(Nc1cc(Cl)c2c(c1)CCN2Cc1ccc(C(F)(F)F)cc1)C1CCCCN1C(=O)O. The van der Waals surface area contributed by atoms with Gasteiger partial charge >= 0.3 is 12.3 Å². The van der Waals surface area contributed by atoms with E-state index in [9.17, 15) is 27.9 Å². The molecule has 1 saturated heterocycles. The van der Waals surface area contributed by atoms with E-state index in [0.29, 0.717) is 43.2 Å². The molecule has 0 aromatic heterocycles. The molecule has 2 aromatic carbocycles. The molecule has 2 amide bonds. The fraction of sp³-hybridized carbons (Fsp3) is 0.391. The third-order valence-corrected chi connectivity index (χ3v) is 6.37. The van der Waals surface area contributed by atoms with Gasteiger partial charge in [0.1, 0.15) is 6.04 Å². The molecule has 1 unspecified atom stereocenters. The molecule has 33 heavy (non-hydrogen) atoms. The number of hydrogen-bond donors (Lipinski definition) is 2. The highest BCUT2D eigenvalue weighted by Crippen LogP contribution is 2.39. The highest BCUT2D eigenvalue weighted by Gasteiger charge is 2.33. The molecule has 6 nitrogen and oxygen atoms in total. The normalized spacial score (nSPS) is 18.2. The van der Waals surface area contributed by atoms with Crippen molar-refractivity contribution in [3.05, 3.63) is 58.1 Å². The molecule has 0 radical (unpaired) electrons. The molecule has 4 rings (SSSR count). The number of halogens is 4. The van der Waals surface area contributed by atoms with Crippen molar-refractivity contribution in [3.8, 4) is 0 Å². The number of nitrogens with zero attached hydrogens (tertiary/aromatic N) is 2. The standard InChI is InChI=1S/C23H23ClF3N3O3/c24-18-12-17(28-21(31)19-3-1-2-9-30(19)22(32)33)11-15-8-10-29(20(15)18)13-14-4-6-16(7-5-14)23(25,26)27/h4-7,11-12,19H,1-3,8-10,13H2,(H,28,31)(H,32,33). The summed E-state index contributed by atoms with van der Waals surface area (Å²) in [6, 6.07) is 7.76. The van der Waals surface area contributed by atoms with Gasteiger partial charge in [0.25, 0.3) is 0 Å².